The van der Waals surface area contributed by atoms with Crippen molar-refractivity contribution >= 4 is 5.91 Å². The SMILES string of the molecule is C=CC1=C(C)C(O)N(C)C1=O. The number of hydrogen-bond donors (Lipinski definition) is 1. The number of hydrogen-bond acceptors (Lipinski definition) is 2. The Hall–Kier alpha value is -1.09. The van der Waals surface area contributed by atoms with Crippen LogP contribution in [0.1, 0.15) is 6.92 Å². The Morgan fingerprint density at radius 2 is 2.27 bits per heavy atom. The second-order valence-corrected chi connectivity index (χ2v) is 2.59. The van der Waals surface area contributed by atoms with Gasteiger partial charge in [-0.25, -0.2) is 0 Å². The van der Waals surface area contributed by atoms with Crippen molar-refractivity contribution in [2.75, 3.05) is 7.05 Å². The predicted molar refractivity (Wildman–Crippen MR) is 41.7 cm³/mol. The van der Waals surface area contributed by atoms with Gasteiger partial charge in [0.1, 0.15) is 0 Å². The standard InChI is InChI=1S/C8H11NO2/c1-4-6-5(2)7(10)9(3)8(6)11/h4,7,10H,1H2,2-3H3. The largest absolute Gasteiger partial charge is 0.369 e. The van der Waals surface area contributed by atoms with Crippen molar-refractivity contribution in [1.82, 2.24) is 4.90 Å². The van der Waals surface area contributed by atoms with Gasteiger partial charge in [0.2, 0.25) is 0 Å². The molecule has 1 N–H and O–H groups in total. The van der Waals surface area contributed by atoms with E-state index in [9.17, 15) is 9.90 Å². The Bertz CT molecular complexity index is 242. The third kappa shape index (κ3) is 0.973. The van der Waals surface area contributed by atoms with Gasteiger partial charge in [-0.15, -0.1) is 0 Å². The molecule has 1 heterocycles. The van der Waals surface area contributed by atoms with Crippen molar-refractivity contribution in [2.24, 2.45) is 0 Å². The van der Waals surface area contributed by atoms with E-state index in [0.717, 1.165) is 0 Å². The van der Waals surface area contributed by atoms with Crippen LogP contribution in [0, 0.1) is 0 Å². The van der Waals surface area contributed by atoms with E-state index in [2.05, 4.69) is 6.58 Å². The molecule has 1 amide bonds. The van der Waals surface area contributed by atoms with E-state index < -0.39 is 6.23 Å². The molecule has 3 nitrogen and oxygen atoms in total. The maximum atomic E-state index is 11.2. The van der Waals surface area contributed by atoms with Gasteiger partial charge < -0.3 is 10.0 Å². The van der Waals surface area contributed by atoms with Crippen LogP contribution in [0.5, 0.6) is 0 Å². The Kier molecular flexibility index (Phi) is 1.83. The molecule has 0 saturated heterocycles. The summed E-state index contributed by atoms with van der Waals surface area (Å²) in [6.45, 7) is 5.22. The van der Waals surface area contributed by atoms with Crippen molar-refractivity contribution < 1.29 is 9.90 Å². The maximum absolute atomic E-state index is 11.2. The molecule has 0 bridgehead atoms. The summed E-state index contributed by atoms with van der Waals surface area (Å²) in [6.07, 6.45) is 0.709. The molecule has 0 aromatic heterocycles. The first kappa shape index (κ1) is 8.01. The Morgan fingerprint density at radius 1 is 1.73 bits per heavy atom. The monoisotopic (exact) mass is 153 g/mol. The smallest absolute Gasteiger partial charge is 0.255 e. The molecule has 0 spiro atoms. The molecular formula is C8H11NO2. The van der Waals surface area contributed by atoms with Crippen LogP contribution in [0.25, 0.3) is 0 Å². The second-order valence-electron chi connectivity index (χ2n) is 2.59. The second kappa shape index (κ2) is 2.51. The van der Waals surface area contributed by atoms with Gasteiger partial charge in [-0.2, -0.15) is 0 Å². The molecule has 1 aliphatic heterocycles. The number of carbonyl (C=O) groups excluding carboxylic acids is 1. The van der Waals surface area contributed by atoms with Gasteiger partial charge >= 0.3 is 0 Å². The quantitative estimate of drug-likeness (QED) is 0.587. The first-order valence-electron chi connectivity index (χ1n) is 3.38. The Labute approximate surface area is 65.6 Å². The normalized spacial score (nSPS) is 24.8. The van der Waals surface area contributed by atoms with Crippen molar-refractivity contribution in [3.05, 3.63) is 23.8 Å². The molecule has 0 aliphatic carbocycles. The van der Waals surface area contributed by atoms with E-state index >= 15 is 0 Å². The maximum Gasteiger partial charge on any atom is 0.255 e. The Balaban J connectivity index is 3.07. The summed E-state index contributed by atoms with van der Waals surface area (Å²) < 4.78 is 0. The van der Waals surface area contributed by atoms with Crippen LogP contribution in [0.15, 0.2) is 23.8 Å². The molecule has 1 rings (SSSR count). The number of amides is 1. The number of nitrogens with zero attached hydrogens (tertiary/aromatic N) is 1. The molecule has 60 valence electrons. The minimum Gasteiger partial charge on any atom is -0.369 e. The highest BCUT2D eigenvalue weighted by Crippen LogP contribution is 2.22. The van der Waals surface area contributed by atoms with Crippen LogP contribution in [-0.4, -0.2) is 29.2 Å². The lowest BCUT2D eigenvalue weighted by atomic mass is 10.1. The molecule has 0 fully saturated rings. The summed E-state index contributed by atoms with van der Waals surface area (Å²) in [5, 5.41) is 9.34. The fourth-order valence-electron chi connectivity index (χ4n) is 1.15. The van der Waals surface area contributed by atoms with E-state index in [0.29, 0.717) is 11.1 Å². The Morgan fingerprint density at radius 3 is 2.45 bits per heavy atom. The number of rotatable bonds is 1. The minimum atomic E-state index is -0.768. The summed E-state index contributed by atoms with van der Waals surface area (Å²) in [7, 11) is 1.56. The zero-order valence-electron chi connectivity index (χ0n) is 6.66. The lowest BCUT2D eigenvalue weighted by Crippen LogP contribution is -2.30. The van der Waals surface area contributed by atoms with Crippen LogP contribution in [0.4, 0.5) is 0 Å². The first-order chi connectivity index (χ1) is 5.09. The number of aliphatic hydroxyl groups is 1. The highest BCUT2D eigenvalue weighted by Gasteiger charge is 2.30. The third-order valence-corrected chi connectivity index (χ3v) is 1.93. The van der Waals surface area contributed by atoms with Gasteiger partial charge in [-0.3, -0.25) is 4.79 Å². The molecule has 1 aliphatic rings. The van der Waals surface area contributed by atoms with Gasteiger partial charge in [-0.05, 0) is 12.5 Å². The fourth-order valence-corrected chi connectivity index (χ4v) is 1.15. The van der Waals surface area contributed by atoms with E-state index in [-0.39, 0.29) is 5.91 Å². The van der Waals surface area contributed by atoms with Crippen LogP contribution < -0.4 is 0 Å². The average molecular weight is 153 g/mol. The molecule has 0 saturated carbocycles. The molecule has 1 unspecified atom stereocenters. The zero-order chi connectivity index (χ0) is 8.59. The topological polar surface area (TPSA) is 40.5 Å². The van der Waals surface area contributed by atoms with Gasteiger partial charge in [0.15, 0.2) is 6.23 Å². The van der Waals surface area contributed by atoms with Crippen molar-refractivity contribution in [2.45, 2.75) is 13.2 Å². The lowest BCUT2D eigenvalue weighted by Gasteiger charge is -2.14. The summed E-state index contributed by atoms with van der Waals surface area (Å²) in [5.74, 6) is -0.162. The summed E-state index contributed by atoms with van der Waals surface area (Å²) >= 11 is 0. The van der Waals surface area contributed by atoms with Crippen LogP contribution in [0.3, 0.4) is 0 Å². The van der Waals surface area contributed by atoms with Crippen molar-refractivity contribution in [3.63, 3.8) is 0 Å². The number of likely N-dealkylation sites (N-methyl/N-ethyl adjacent to an activating group) is 1. The predicted octanol–water partition coefficient (Wildman–Crippen LogP) is 0.279. The summed E-state index contributed by atoms with van der Waals surface area (Å²) in [4.78, 5) is 12.5. The number of carbonyl (C=O) groups is 1. The highest BCUT2D eigenvalue weighted by molar-refractivity contribution is 5.99. The summed E-state index contributed by atoms with van der Waals surface area (Å²) in [6, 6.07) is 0. The molecule has 0 radical (unpaired) electrons. The van der Waals surface area contributed by atoms with Gasteiger partial charge in [0.05, 0.1) is 0 Å². The molecule has 0 aromatic carbocycles. The van der Waals surface area contributed by atoms with Crippen LogP contribution in [-0.2, 0) is 4.79 Å². The van der Waals surface area contributed by atoms with Crippen molar-refractivity contribution in [3.8, 4) is 0 Å². The average Bonchev–Trinajstić information content (AvgIpc) is 2.17. The summed E-state index contributed by atoms with van der Waals surface area (Å²) in [5.41, 5.74) is 1.19. The molecule has 3 heteroatoms. The van der Waals surface area contributed by atoms with Gasteiger partial charge in [-0.1, -0.05) is 12.7 Å². The van der Waals surface area contributed by atoms with Gasteiger partial charge in [0.25, 0.3) is 5.91 Å². The molecule has 0 aromatic rings. The number of aliphatic hydroxyl groups excluding tert-OH is 1. The van der Waals surface area contributed by atoms with Crippen molar-refractivity contribution in [1.29, 1.82) is 0 Å². The highest BCUT2D eigenvalue weighted by atomic mass is 16.3. The van der Waals surface area contributed by atoms with E-state index in [4.69, 9.17) is 0 Å². The minimum absolute atomic E-state index is 0.162. The lowest BCUT2D eigenvalue weighted by molar-refractivity contribution is -0.129. The van der Waals surface area contributed by atoms with E-state index in [1.807, 2.05) is 0 Å². The third-order valence-electron chi connectivity index (χ3n) is 1.93. The molecule has 11 heavy (non-hydrogen) atoms. The van der Waals surface area contributed by atoms with E-state index in [1.165, 1.54) is 11.0 Å². The molecule has 1 atom stereocenters. The van der Waals surface area contributed by atoms with Crippen LogP contribution in [0.2, 0.25) is 0 Å². The molecular weight excluding hydrogens is 142 g/mol. The fraction of sp³-hybridized carbons (Fsp3) is 0.375. The zero-order valence-corrected chi connectivity index (χ0v) is 6.66. The van der Waals surface area contributed by atoms with Crippen LogP contribution >= 0.6 is 0 Å². The van der Waals surface area contributed by atoms with E-state index in [1.54, 1.807) is 14.0 Å². The first-order valence-corrected chi connectivity index (χ1v) is 3.38. The van der Waals surface area contributed by atoms with Gasteiger partial charge in [0, 0.05) is 12.6 Å².